The normalized spacial score (nSPS) is 11.1. The third-order valence-electron chi connectivity index (χ3n) is 4.49. The first-order valence-corrected chi connectivity index (χ1v) is 8.55. The second kappa shape index (κ2) is 6.45. The van der Waals surface area contributed by atoms with Gasteiger partial charge in [0, 0.05) is 24.5 Å². The molecule has 0 aliphatic heterocycles. The minimum atomic E-state index is 0.536. The van der Waals surface area contributed by atoms with Gasteiger partial charge in [0.15, 0.2) is 0 Å². The van der Waals surface area contributed by atoms with Gasteiger partial charge in [-0.25, -0.2) is 4.98 Å². The summed E-state index contributed by atoms with van der Waals surface area (Å²) < 4.78 is 2.07. The minimum Gasteiger partial charge on any atom is -0.332 e. The molecule has 0 aliphatic rings. The topological polar surface area (TPSA) is 85.2 Å². The van der Waals surface area contributed by atoms with Crippen molar-refractivity contribution in [1.82, 2.24) is 35.2 Å². The average molecular weight is 353 g/mol. The highest BCUT2D eigenvalue weighted by Gasteiger charge is 2.09. The Bertz CT molecular complexity index is 1200. The van der Waals surface area contributed by atoms with E-state index in [0.29, 0.717) is 5.82 Å². The number of benzene rings is 2. The van der Waals surface area contributed by atoms with Crippen molar-refractivity contribution in [3.8, 4) is 22.8 Å². The predicted molar refractivity (Wildman–Crippen MR) is 102 cm³/mol. The molecule has 0 fully saturated rings. The number of tetrazole rings is 1. The Labute approximate surface area is 154 Å². The molecule has 7 heteroatoms. The van der Waals surface area contributed by atoms with Gasteiger partial charge in [-0.2, -0.15) is 5.21 Å². The number of hydrogen-bond donors (Lipinski definition) is 1. The Morgan fingerprint density at radius 2 is 1.85 bits per heavy atom. The van der Waals surface area contributed by atoms with Crippen molar-refractivity contribution >= 4 is 10.8 Å². The van der Waals surface area contributed by atoms with Crippen LogP contribution in [0.5, 0.6) is 0 Å². The molecule has 130 valence electrons. The summed E-state index contributed by atoms with van der Waals surface area (Å²) in [7, 11) is 0. The first kappa shape index (κ1) is 15.4. The SMILES string of the molecule is c1ccc2c(Cn3cnc(-c4cc(-c5nn[nH]n5)ccn4)c3)cccc2c1. The van der Waals surface area contributed by atoms with Crippen molar-refractivity contribution in [3.63, 3.8) is 0 Å². The molecule has 0 amide bonds. The molecular formula is C20H15N7. The number of rotatable bonds is 4. The first-order valence-electron chi connectivity index (χ1n) is 8.55. The van der Waals surface area contributed by atoms with Crippen LogP contribution in [0.15, 0.2) is 73.3 Å². The Morgan fingerprint density at radius 1 is 0.926 bits per heavy atom. The van der Waals surface area contributed by atoms with E-state index in [0.717, 1.165) is 23.5 Å². The number of H-pyrrole nitrogens is 1. The van der Waals surface area contributed by atoms with Crippen molar-refractivity contribution in [2.75, 3.05) is 0 Å². The zero-order chi connectivity index (χ0) is 18.1. The highest BCUT2D eigenvalue weighted by atomic mass is 15.5. The summed E-state index contributed by atoms with van der Waals surface area (Å²) in [5.41, 5.74) is 3.68. The van der Waals surface area contributed by atoms with Gasteiger partial charge in [-0.05, 0) is 33.7 Å². The fraction of sp³-hybridized carbons (Fsp3) is 0.0500. The molecule has 0 radical (unpaired) electrons. The van der Waals surface area contributed by atoms with Crippen molar-refractivity contribution in [2.24, 2.45) is 0 Å². The maximum atomic E-state index is 4.52. The number of aromatic nitrogens is 7. The molecule has 3 heterocycles. The van der Waals surface area contributed by atoms with E-state index in [1.54, 1.807) is 6.20 Å². The van der Waals surface area contributed by atoms with Crippen LogP contribution in [0.1, 0.15) is 5.56 Å². The molecule has 0 saturated carbocycles. The van der Waals surface area contributed by atoms with Gasteiger partial charge in [0.25, 0.3) is 0 Å². The van der Waals surface area contributed by atoms with Gasteiger partial charge in [0.2, 0.25) is 5.82 Å². The standard InChI is InChI=1S/C20H15N7/c1-2-7-17-14(4-1)5-3-6-16(17)11-27-12-19(22-13-27)18-10-15(8-9-21-18)20-23-25-26-24-20/h1-10,12-13H,11H2,(H,23,24,25,26). The highest BCUT2D eigenvalue weighted by Crippen LogP contribution is 2.22. The molecule has 0 bridgehead atoms. The molecule has 5 rings (SSSR count). The smallest absolute Gasteiger partial charge is 0.204 e. The van der Waals surface area contributed by atoms with Gasteiger partial charge in [-0.15, -0.1) is 10.2 Å². The predicted octanol–water partition coefficient (Wildman–Crippen LogP) is 3.33. The number of fused-ring (bicyclic) bond motifs is 1. The van der Waals surface area contributed by atoms with Crippen LogP contribution in [0, 0.1) is 0 Å². The van der Waals surface area contributed by atoms with Crippen LogP contribution >= 0.6 is 0 Å². The largest absolute Gasteiger partial charge is 0.332 e. The summed E-state index contributed by atoms with van der Waals surface area (Å²) in [6.45, 7) is 0.749. The quantitative estimate of drug-likeness (QED) is 0.536. The molecule has 5 aromatic rings. The second-order valence-corrected chi connectivity index (χ2v) is 6.23. The lowest BCUT2D eigenvalue weighted by Crippen LogP contribution is -1.97. The highest BCUT2D eigenvalue weighted by molar-refractivity contribution is 5.85. The van der Waals surface area contributed by atoms with E-state index in [1.807, 2.05) is 24.7 Å². The molecular weight excluding hydrogens is 338 g/mol. The van der Waals surface area contributed by atoms with Crippen molar-refractivity contribution in [3.05, 3.63) is 78.9 Å². The number of pyridine rings is 1. The van der Waals surface area contributed by atoms with Crippen LogP contribution in [-0.2, 0) is 6.54 Å². The summed E-state index contributed by atoms with van der Waals surface area (Å²) in [6, 6.07) is 18.5. The summed E-state index contributed by atoms with van der Waals surface area (Å²) in [6.07, 6.45) is 5.56. The molecule has 0 unspecified atom stereocenters. The summed E-state index contributed by atoms with van der Waals surface area (Å²) in [4.78, 5) is 8.95. The monoisotopic (exact) mass is 353 g/mol. The van der Waals surface area contributed by atoms with Gasteiger partial charge in [0.05, 0.1) is 12.0 Å². The average Bonchev–Trinajstić information content (AvgIpc) is 3.41. The molecule has 0 atom stereocenters. The molecule has 0 saturated heterocycles. The van der Waals surface area contributed by atoms with Crippen LogP contribution in [0.3, 0.4) is 0 Å². The van der Waals surface area contributed by atoms with Crippen molar-refractivity contribution < 1.29 is 0 Å². The lowest BCUT2D eigenvalue weighted by Gasteiger charge is -2.07. The third kappa shape index (κ3) is 2.95. The summed E-state index contributed by atoms with van der Waals surface area (Å²) >= 11 is 0. The molecule has 3 aromatic heterocycles. The molecule has 0 spiro atoms. The van der Waals surface area contributed by atoms with Gasteiger partial charge in [0.1, 0.15) is 5.69 Å². The second-order valence-electron chi connectivity index (χ2n) is 6.23. The van der Waals surface area contributed by atoms with Crippen LogP contribution in [0.2, 0.25) is 0 Å². The molecule has 27 heavy (non-hydrogen) atoms. The first-order chi connectivity index (χ1) is 13.4. The zero-order valence-corrected chi connectivity index (χ0v) is 14.3. The van der Waals surface area contributed by atoms with Crippen LogP contribution in [0.25, 0.3) is 33.5 Å². The minimum absolute atomic E-state index is 0.536. The van der Waals surface area contributed by atoms with E-state index >= 15 is 0 Å². The lowest BCUT2D eigenvalue weighted by molar-refractivity contribution is 0.803. The van der Waals surface area contributed by atoms with Crippen molar-refractivity contribution in [2.45, 2.75) is 6.54 Å². The number of imidazole rings is 1. The number of aromatic amines is 1. The van der Waals surface area contributed by atoms with Gasteiger partial charge in [-0.1, -0.05) is 42.5 Å². The van der Waals surface area contributed by atoms with E-state index in [1.165, 1.54) is 16.3 Å². The van der Waals surface area contributed by atoms with Crippen LogP contribution in [-0.4, -0.2) is 35.2 Å². The van der Waals surface area contributed by atoms with E-state index < -0.39 is 0 Å². The molecule has 2 aromatic carbocycles. The number of nitrogens with zero attached hydrogens (tertiary/aromatic N) is 6. The summed E-state index contributed by atoms with van der Waals surface area (Å²) in [5, 5.41) is 16.6. The molecule has 1 N–H and O–H groups in total. The Hall–Kier alpha value is -3.87. The Morgan fingerprint density at radius 3 is 2.78 bits per heavy atom. The van der Waals surface area contributed by atoms with E-state index in [4.69, 9.17) is 0 Å². The maximum absolute atomic E-state index is 4.52. The number of hydrogen-bond acceptors (Lipinski definition) is 5. The van der Waals surface area contributed by atoms with Gasteiger partial charge >= 0.3 is 0 Å². The Kier molecular flexibility index (Phi) is 3.68. The fourth-order valence-corrected chi connectivity index (χ4v) is 3.20. The van der Waals surface area contributed by atoms with Crippen LogP contribution < -0.4 is 0 Å². The zero-order valence-electron chi connectivity index (χ0n) is 14.3. The Balaban J connectivity index is 1.46. The van der Waals surface area contributed by atoms with Crippen molar-refractivity contribution in [1.29, 1.82) is 0 Å². The third-order valence-corrected chi connectivity index (χ3v) is 4.49. The molecule has 0 aliphatic carbocycles. The van der Waals surface area contributed by atoms with Gasteiger partial charge in [-0.3, -0.25) is 4.98 Å². The van der Waals surface area contributed by atoms with Gasteiger partial charge < -0.3 is 4.57 Å². The number of nitrogens with one attached hydrogen (secondary N) is 1. The summed E-state index contributed by atoms with van der Waals surface area (Å²) in [5.74, 6) is 0.536. The van der Waals surface area contributed by atoms with E-state index in [2.05, 4.69) is 77.6 Å². The van der Waals surface area contributed by atoms with Crippen LogP contribution in [0.4, 0.5) is 0 Å². The maximum Gasteiger partial charge on any atom is 0.204 e. The lowest BCUT2D eigenvalue weighted by atomic mass is 10.0. The van der Waals surface area contributed by atoms with E-state index in [-0.39, 0.29) is 0 Å². The van der Waals surface area contributed by atoms with E-state index in [9.17, 15) is 0 Å². The fourth-order valence-electron chi connectivity index (χ4n) is 3.20. The molecule has 7 nitrogen and oxygen atoms in total.